The lowest BCUT2D eigenvalue weighted by Crippen LogP contribution is -2.53. The van der Waals surface area contributed by atoms with Crippen LogP contribution in [0, 0.1) is 10.1 Å². The number of carbonyl (C=O) groups is 2. The molecule has 0 saturated heterocycles. The Hall–Kier alpha value is -2.64. The van der Waals surface area contributed by atoms with Crippen LogP contribution < -0.4 is 9.64 Å². The summed E-state index contributed by atoms with van der Waals surface area (Å²) in [5.41, 5.74) is -1.02. The van der Waals surface area contributed by atoms with Gasteiger partial charge in [0.25, 0.3) is 11.6 Å². The number of hydrogen-bond acceptors (Lipinski definition) is 5. The fourth-order valence-corrected chi connectivity index (χ4v) is 2.10. The molecular formula is C13H14N2O6. The second-order valence-corrected chi connectivity index (χ2v) is 5.12. The Morgan fingerprint density at radius 2 is 2.14 bits per heavy atom. The monoisotopic (exact) mass is 294 g/mol. The number of nitro benzene ring substituents is 1. The van der Waals surface area contributed by atoms with E-state index in [2.05, 4.69) is 0 Å². The molecule has 0 atom stereocenters. The summed E-state index contributed by atoms with van der Waals surface area (Å²) in [6.45, 7) is 3.04. The van der Waals surface area contributed by atoms with Crippen LogP contribution in [-0.2, 0) is 9.59 Å². The number of amides is 1. The van der Waals surface area contributed by atoms with Gasteiger partial charge >= 0.3 is 5.97 Å². The third-order valence-corrected chi connectivity index (χ3v) is 3.12. The number of nitro groups is 1. The number of ether oxygens (including phenoxy) is 1. The summed E-state index contributed by atoms with van der Waals surface area (Å²) in [6, 6.07) is 3.88. The van der Waals surface area contributed by atoms with Crippen LogP contribution in [0.4, 0.5) is 11.4 Å². The van der Waals surface area contributed by atoms with E-state index in [1.54, 1.807) is 0 Å². The van der Waals surface area contributed by atoms with Crippen molar-refractivity contribution in [3.05, 3.63) is 28.3 Å². The van der Waals surface area contributed by atoms with Crippen LogP contribution in [-0.4, -0.2) is 34.1 Å². The molecule has 112 valence electrons. The molecule has 1 aromatic rings. The first-order valence-corrected chi connectivity index (χ1v) is 6.23. The molecule has 8 nitrogen and oxygen atoms in total. The highest BCUT2D eigenvalue weighted by Gasteiger charge is 2.41. The SMILES string of the molecule is CC1(C)Oc2cc([N+](=O)[O-])ccc2N(CCC(=O)O)C1=O. The maximum atomic E-state index is 12.3. The smallest absolute Gasteiger partial charge is 0.305 e. The van der Waals surface area contributed by atoms with Crippen molar-refractivity contribution in [1.82, 2.24) is 0 Å². The summed E-state index contributed by atoms with van der Waals surface area (Å²) >= 11 is 0. The van der Waals surface area contributed by atoms with Crippen LogP contribution in [0.25, 0.3) is 0 Å². The molecule has 0 radical (unpaired) electrons. The number of benzene rings is 1. The molecule has 0 fully saturated rings. The molecule has 1 aliphatic heterocycles. The zero-order chi connectivity index (χ0) is 15.8. The second kappa shape index (κ2) is 5.04. The number of anilines is 1. The van der Waals surface area contributed by atoms with Gasteiger partial charge in [-0.25, -0.2) is 0 Å². The second-order valence-electron chi connectivity index (χ2n) is 5.12. The van der Waals surface area contributed by atoms with Crippen LogP contribution in [0.2, 0.25) is 0 Å². The average molecular weight is 294 g/mol. The average Bonchev–Trinajstić information content (AvgIpc) is 2.38. The zero-order valence-electron chi connectivity index (χ0n) is 11.5. The minimum Gasteiger partial charge on any atom is -0.481 e. The van der Waals surface area contributed by atoms with Gasteiger partial charge < -0.3 is 14.7 Å². The highest BCUT2D eigenvalue weighted by molar-refractivity contribution is 6.02. The van der Waals surface area contributed by atoms with E-state index in [1.807, 2.05) is 0 Å². The van der Waals surface area contributed by atoms with Crippen molar-refractivity contribution < 1.29 is 24.4 Å². The summed E-state index contributed by atoms with van der Waals surface area (Å²) in [4.78, 5) is 34.6. The number of carboxylic acid groups (broad SMARTS) is 1. The van der Waals surface area contributed by atoms with Gasteiger partial charge in [-0.15, -0.1) is 0 Å². The Balaban J connectivity index is 2.44. The summed E-state index contributed by atoms with van der Waals surface area (Å²) in [6.07, 6.45) is -0.224. The van der Waals surface area contributed by atoms with Crippen LogP contribution in [0.1, 0.15) is 20.3 Å². The Morgan fingerprint density at radius 3 is 2.71 bits per heavy atom. The van der Waals surface area contributed by atoms with Crippen LogP contribution in [0.15, 0.2) is 18.2 Å². The number of carbonyl (C=O) groups excluding carboxylic acids is 1. The summed E-state index contributed by atoms with van der Waals surface area (Å²) < 4.78 is 5.52. The fourth-order valence-electron chi connectivity index (χ4n) is 2.10. The van der Waals surface area contributed by atoms with Gasteiger partial charge in [0.15, 0.2) is 11.4 Å². The molecule has 1 N–H and O–H groups in total. The van der Waals surface area contributed by atoms with Crippen LogP contribution in [0.3, 0.4) is 0 Å². The summed E-state index contributed by atoms with van der Waals surface area (Å²) in [5.74, 6) is -1.22. The van der Waals surface area contributed by atoms with Crippen LogP contribution in [0.5, 0.6) is 5.75 Å². The lowest BCUT2D eigenvalue weighted by atomic mass is 10.0. The van der Waals surface area contributed by atoms with E-state index >= 15 is 0 Å². The Morgan fingerprint density at radius 1 is 1.48 bits per heavy atom. The Kier molecular flexibility index (Phi) is 3.54. The van der Waals surface area contributed by atoms with Crippen molar-refractivity contribution in [2.24, 2.45) is 0 Å². The van der Waals surface area contributed by atoms with Crippen molar-refractivity contribution in [3.8, 4) is 5.75 Å². The molecule has 0 aliphatic carbocycles. The number of fused-ring (bicyclic) bond motifs is 1. The predicted molar refractivity (Wildman–Crippen MR) is 72.4 cm³/mol. The van der Waals surface area contributed by atoms with Gasteiger partial charge in [0, 0.05) is 12.6 Å². The standard InChI is InChI=1S/C13H14N2O6/c1-13(2)12(18)14(6-5-11(16)17)9-4-3-8(15(19)20)7-10(9)21-13/h3-4,7H,5-6H2,1-2H3,(H,16,17). The molecule has 1 heterocycles. The van der Waals surface area contributed by atoms with Gasteiger partial charge in [-0.1, -0.05) is 0 Å². The van der Waals surface area contributed by atoms with Crippen molar-refractivity contribution in [2.45, 2.75) is 25.9 Å². The molecule has 0 aromatic heterocycles. The Labute approximate surface area is 120 Å². The number of rotatable bonds is 4. The van der Waals surface area contributed by atoms with E-state index in [4.69, 9.17) is 9.84 Å². The number of nitrogens with zero attached hydrogens (tertiary/aromatic N) is 2. The van der Waals surface area contributed by atoms with Gasteiger partial charge in [0.2, 0.25) is 0 Å². The normalized spacial score (nSPS) is 16.1. The third kappa shape index (κ3) is 2.78. The summed E-state index contributed by atoms with van der Waals surface area (Å²) in [5, 5.41) is 19.6. The zero-order valence-corrected chi connectivity index (χ0v) is 11.5. The molecule has 1 amide bonds. The number of non-ortho nitro benzene ring substituents is 1. The molecule has 2 rings (SSSR count). The molecule has 1 aliphatic rings. The minimum absolute atomic E-state index is 0.0221. The predicted octanol–water partition coefficient (Wildman–Crippen LogP) is 1.57. The maximum absolute atomic E-state index is 12.3. The van der Waals surface area contributed by atoms with E-state index in [1.165, 1.54) is 36.9 Å². The maximum Gasteiger partial charge on any atom is 0.305 e. The molecule has 8 heteroatoms. The molecule has 0 bridgehead atoms. The first kappa shape index (κ1) is 14.8. The molecule has 1 aromatic carbocycles. The molecule has 0 saturated carbocycles. The van der Waals surface area contributed by atoms with Crippen molar-refractivity contribution in [2.75, 3.05) is 11.4 Å². The van der Waals surface area contributed by atoms with Gasteiger partial charge in [-0.05, 0) is 19.9 Å². The third-order valence-electron chi connectivity index (χ3n) is 3.12. The van der Waals surface area contributed by atoms with Crippen molar-refractivity contribution in [1.29, 1.82) is 0 Å². The van der Waals surface area contributed by atoms with E-state index in [9.17, 15) is 19.7 Å². The quantitative estimate of drug-likeness (QED) is 0.666. The van der Waals surface area contributed by atoms with E-state index in [-0.39, 0.29) is 30.3 Å². The van der Waals surface area contributed by atoms with Crippen LogP contribution >= 0.6 is 0 Å². The van der Waals surface area contributed by atoms with Gasteiger partial charge in [0.05, 0.1) is 23.1 Å². The molecule has 21 heavy (non-hydrogen) atoms. The van der Waals surface area contributed by atoms with E-state index in [0.29, 0.717) is 5.69 Å². The largest absolute Gasteiger partial charge is 0.481 e. The summed E-state index contributed by atoms with van der Waals surface area (Å²) in [7, 11) is 0. The number of hydrogen-bond donors (Lipinski definition) is 1. The highest BCUT2D eigenvalue weighted by atomic mass is 16.6. The number of carboxylic acids is 1. The molecule has 0 spiro atoms. The van der Waals surface area contributed by atoms with Gasteiger partial charge in [0.1, 0.15) is 0 Å². The lowest BCUT2D eigenvalue weighted by molar-refractivity contribution is -0.385. The Bertz CT molecular complexity index is 625. The van der Waals surface area contributed by atoms with E-state index < -0.39 is 16.5 Å². The fraction of sp³-hybridized carbons (Fsp3) is 0.385. The van der Waals surface area contributed by atoms with E-state index in [0.717, 1.165) is 0 Å². The van der Waals surface area contributed by atoms with Gasteiger partial charge in [-0.2, -0.15) is 0 Å². The molecular weight excluding hydrogens is 280 g/mol. The number of aliphatic carboxylic acids is 1. The first-order valence-electron chi connectivity index (χ1n) is 6.23. The van der Waals surface area contributed by atoms with Gasteiger partial charge in [-0.3, -0.25) is 19.7 Å². The highest BCUT2D eigenvalue weighted by Crippen LogP contribution is 2.39. The minimum atomic E-state index is -1.21. The van der Waals surface area contributed by atoms with Crippen molar-refractivity contribution in [3.63, 3.8) is 0 Å². The molecule has 0 unspecified atom stereocenters. The first-order chi connectivity index (χ1) is 9.72. The van der Waals surface area contributed by atoms with Crippen molar-refractivity contribution >= 4 is 23.3 Å². The topological polar surface area (TPSA) is 110 Å². The lowest BCUT2D eigenvalue weighted by Gasteiger charge is -2.38.